The highest BCUT2D eigenvalue weighted by Gasteiger charge is 2.12. The number of ether oxygens (including phenoxy) is 1. The van der Waals surface area contributed by atoms with Gasteiger partial charge in [0.05, 0.1) is 19.2 Å². The number of hydrogen-bond acceptors (Lipinski definition) is 4. The normalized spacial score (nSPS) is 10.0. The minimum Gasteiger partial charge on any atom is -0.465 e. The van der Waals surface area contributed by atoms with Crippen LogP contribution in [0, 0.1) is 6.92 Å². The summed E-state index contributed by atoms with van der Waals surface area (Å²) in [6.45, 7) is 1.62. The van der Waals surface area contributed by atoms with Crippen molar-refractivity contribution >= 4 is 39.4 Å². The summed E-state index contributed by atoms with van der Waals surface area (Å²) in [5.41, 5.74) is 2.08. The van der Waals surface area contributed by atoms with Gasteiger partial charge in [-0.3, -0.25) is 9.59 Å². The maximum absolute atomic E-state index is 12.1. The summed E-state index contributed by atoms with van der Waals surface area (Å²) in [5, 5.41) is 5.23. The molecule has 6 nitrogen and oxygen atoms in total. The van der Waals surface area contributed by atoms with Gasteiger partial charge in [-0.05, 0) is 48.9 Å². The Morgan fingerprint density at radius 2 is 1.68 bits per heavy atom. The standard InChI is InChI=1S/C18H17BrN2O4/c1-11-3-4-13(18(24)25-2)9-15(11)21-16(22)10-20-17(23)12-5-7-14(19)8-6-12/h3-9H,10H2,1-2H3,(H,20,23)(H,21,22). The summed E-state index contributed by atoms with van der Waals surface area (Å²) < 4.78 is 5.52. The van der Waals surface area contributed by atoms with E-state index in [1.807, 2.05) is 0 Å². The molecule has 2 aromatic carbocycles. The van der Waals surface area contributed by atoms with Crippen LogP contribution >= 0.6 is 15.9 Å². The third-order valence-electron chi connectivity index (χ3n) is 3.45. The Morgan fingerprint density at radius 1 is 1.04 bits per heavy atom. The third kappa shape index (κ3) is 5.15. The van der Waals surface area contributed by atoms with Crippen LogP contribution in [-0.2, 0) is 9.53 Å². The Hall–Kier alpha value is -2.67. The van der Waals surface area contributed by atoms with Crippen molar-refractivity contribution in [2.75, 3.05) is 19.0 Å². The van der Waals surface area contributed by atoms with Gasteiger partial charge in [-0.25, -0.2) is 4.79 Å². The molecule has 0 spiro atoms. The molecule has 7 heteroatoms. The average Bonchev–Trinajstić information content (AvgIpc) is 2.61. The average molecular weight is 405 g/mol. The van der Waals surface area contributed by atoms with Crippen LogP contribution in [0.4, 0.5) is 5.69 Å². The van der Waals surface area contributed by atoms with Crippen molar-refractivity contribution in [1.82, 2.24) is 5.32 Å². The molecule has 0 bridgehead atoms. The monoisotopic (exact) mass is 404 g/mol. The van der Waals surface area contributed by atoms with Crippen LogP contribution < -0.4 is 10.6 Å². The summed E-state index contributed by atoms with van der Waals surface area (Å²) in [4.78, 5) is 35.6. The number of nitrogens with one attached hydrogen (secondary N) is 2. The summed E-state index contributed by atoms with van der Waals surface area (Å²) in [6, 6.07) is 11.7. The molecule has 0 atom stereocenters. The van der Waals surface area contributed by atoms with Crippen molar-refractivity contribution in [1.29, 1.82) is 0 Å². The fourth-order valence-electron chi connectivity index (χ4n) is 2.06. The second-order valence-corrected chi connectivity index (χ2v) is 6.17. The Balaban J connectivity index is 1.97. The van der Waals surface area contributed by atoms with Gasteiger partial charge in [-0.15, -0.1) is 0 Å². The van der Waals surface area contributed by atoms with Crippen LogP contribution in [0.3, 0.4) is 0 Å². The van der Waals surface area contributed by atoms with Crippen molar-refractivity contribution < 1.29 is 19.1 Å². The minimum absolute atomic E-state index is 0.184. The summed E-state index contributed by atoms with van der Waals surface area (Å²) >= 11 is 3.29. The molecule has 2 amide bonds. The molecule has 0 fully saturated rings. The smallest absolute Gasteiger partial charge is 0.337 e. The fourth-order valence-corrected chi connectivity index (χ4v) is 2.32. The van der Waals surface area contributed by atoms with E-state index in [1.165, 1.54) is 13.2 Å². The minimum atomic E-state index is -0.487. The molecular weight excluding hydrogens is 388 g/mol. The number of carbonyl (C=O) groups excluding carboxylic acids is 3. The van der Waals surface area contributed by atoms with E-state index >= 15 is 0 Å². The molecular formula is C18H17BrN2O4. The first-order valence-electron chi connectivity index (χ1n) is 7.43. The Bertz CT molecular complexity index is 803. The molecule has 0 radical (unpaired) electrons. The van der Waals surface area contributed by atoms with Gasteiger partial charge in [0.1, 0.15) is 0 Å². The zero-order valence-corrected chi connectivity index (χ0v) is 15.3. The Morgan fingerprint density at radius 3 is 2.32 bits per heavy atom. The predicted molar refractivity (Wildman–Crippen MR) is 97.6 cm³/mol. The fraction of sp³-hybridized carbons (Fsp3) is 0.167. The summed E-state index contributed by atoms with van der Waals surface area (Å²) in [6.07, 6.45) is 0. The van der Waals surface area contributed by atoms with E-state index < -0.39 is 11.9 Å². The number of carbonyl (C=O) groups is 3. The maximum Gasteiger partial charge on any atom is 0.337 e. The maximum atomic E-state index is 12.1. The Labute approximate surface area is 153 Å². The molecule has 2 rings (SSSR count). The molecule has 0 aromatic heterocycles. The number of hydrogen-bond donors (Lipinski definition) is 2. The lowest BCUT2D eigenvalue weighted by Crippen LogP contribution is -2.33. The lowest BCUT2D eigenvalue weighted by Gasteiger charge is -2.11. The summed E-state index contributed by atoms with van der Waals surface area (Å²) in [5.74, 6) is -1.22. The first kappa shape index (κ1) is 18.7. The second-order valence-electron chi connectivity index (χ2n) is 5.26. The van der Waals surface area contributed by atoms with Gasteiger partial charge in [-0.2, -0.15) is 0 Å². The van der Waals surface area contributed by atoms with E-state index in [9.17, 15) is 14.4 Å². The first-order chi connectivity index (χ1) is 11.9. The number of rotatable bonds is 5. The van der Waals surface area contributed by atoms with Crippen molar-refractivity contribution in [2.45, 2.75) is 6.92 Å². The van der Waals surface area contributed by atoms with E-state index in [0.717, 1.165) is 10.0 Å². The predicted octanol–water partition coefficient (Wildman–Crippen LogP) is 2.91. The zero-order chi connectivity index (χ0) is 18.4. The molecule has 0 heterocycles. The number of methoxy groups -OCH3 is 1. The van der Waals surface area contributed by atoms with Crippen LogP contribution in [0.15, 0.2) is 46.9 Å². The molecule has 0 aliphatic heterocycles. The molecule has 0 unspecified atom stereocenters. The molecule has 0 saturated heterocycles. The van der Waals surface area contributed by atoms with Crippen LogP contribution in [0.2, 0.25) is 0 Å². The molecule has 0 aliphatic carbocycles. The number of aryl methyl sites for hydroxylation is 1. The van der Waals surface area contributed by atoms with E-state index in [1.54, 1.807) is 43.3 Å². The third-order valence-corrected chi connectivity index (χ3v) is 3.98. The van der Waals surface area contributed by atoms with E-state index in [4.69, 9.17) is 0 Å². The zero-order valence-electron chi connectivity index (χ0n) is 13.8. The molecule has 2 N–H and O–H groups in total. The van der Waals surface area contributed by atoms with Gasteiger partial charge in [0.2, 0.25) is 5.91 Å². The number of esters is 1. The molecule has 2 aromatic rings. The largest absolute Gasteiger partial charge is 0.465 e. The molecule has 130 valence electrons. The van der Waals surface area contributed by atoms with Gasteiger partial charge in [0.25, 0.3) is 5.91 Å². The second kappa shape index (κ2) is 8.43. The first-order valence-corrected chi connectivity index (χ1v) is 8.22. The van der Waals surface area contributed by atoms with Crippen LogP contribution in [-0.4, -0.2) is 31.4 Å². The van der Waals surface area contributed by atoms with Crippen molar-refractivity contribution in [3.8, 4) is 0 Å². The van der Waals surface area contributed by atoms with Gasteiger partial charge < -0.3 is 15.4 Å². The van der Waals surface area contributed by atoms with E-state index in [2.05, 4.69) is 31.3 Å². The number of halogens is 1. The van der Waals surface area contributed by atoms with E-state index in [-0.39, 0.29) is 12.5 Å². The number of benzene rings is 2. The van der Waals surface area contributed by atoms with Gasteiger partial charge >= 0.3 is 5.97 Å². The van der Waals surface area contributed by atoms with Crippen LogP contribution in [0.25, 0.3) is 0 Å². The molecule has 0 saturated carbocycles. The summed E-state index contributed by atoms with van der Waals surface area (Å²) in [7, 11) is 1.29. The highest BCUT2D eigenvalue weighted by atomic mass is 79.9. The van der Waals surface area contributed by atoms with Crippen LogP contribution in [0.1, 0.15) is 26.3 Å². The van der Waals surface area contributed by atoms with Gasteiger partial charge in [-0.1, -0.05) is 22.0 Å². The lowest BCUT2D eigenvalue weighted by molar-refractivity contribution is -0.115. The topological polar surface area (TPSA) is 84.5 Å². The molecule has 0 aliphatic rings. The van der Waals surface area contributed by atoms with Crippen molar-refractivity contribution in [3.63, 3.8) is 0 Å². The van der Waals surface area contributed by atoms with Crippen LogP contribution in [0.5, 0.6) is 0 Å². The van der Waals surface area contributed by atoms with Crippen molar-refractivity contribution in [2.24, 2.45) is 0 Å². The highest BCUT2D eigenvalue weighted by molar-refractivity contribution is 9.10. The number of amides is 2. The highest BCUT2D eigenvalue weighted by Crippen LogP contribution is 2.17. The van der Waals surface area contributed by atoms with E-state index in [0.29, 0.717) is 16.8 Å². The lowest BCUT2D eigenvalue weighted by atomic mass is 10.1. The van der Waals surface area contributed by atoms with Gasteiger partial charge in [0.15, 0.2) is 0 Å². The SMILES string of the molecule is COC(=O)c1ccc(C)c(NC(=O)CNC(=O)c2ccc(Br)cc2)c1. The van der Waals surface area contributed by atoms with Crippen molar-refractivity contribution in [3.05, 3.63) is 63.6 Å². The van der Waals surface area contributed by atoms with Gasteiger partial charge in [0, 0.05) is 15.7 Å². The Kier molecular flexibility index (Phi) is 6.30. The number of anilines is 1. The quantitative estimate of drug-likeness (QED) is 0.750. The molecule has 25 heavy (non-hydrogen) atoms.